The number of benzene rings is 1. The van der Waals surface area contributed by atoms with Crippen LogP contribution in [0.3, 0.4) is 0 Å². The fourth-order valence-corrected chi connectivity index (χ4v) is 4.65. The molecule has 1 aliphatic heterocycles. The number of likely N-dealkylation sites (tertiary alicyclic amines) is 1. The Kier molecular flexibility index (Phi) is 6.24. The van der Waals surface area contributed by atoms with E-state index in [2.05, 4.69) is 12.4 Å². The van der Waals surface area contributed by atoms with Crippen molar-refractivity contribution in [2.24, 2.45) is 0 Å². The molecule has 0 spiro atoms. The fraction of sp³-hybridized carbons (Fsp3) is 0.476. The zero-order valence-corrected chi connectivity index (χ0v) is 16.3. The van der Waals surface area contributed by atoms with Gasteiger partial charge in [-0.25, -0.2) is 0 Å². The maximum Gasteiger partial charge on any atom is 0.188 e. The van der Waals surface area contributed by atoms with E-state index in [1.807, 2.05) is 47.8 Å². The first-order chi connectivity index (χ1) is 12.5. The van der Waals surface area contributed by atoms with Crippen LogP contribution in [0.4, 0.5) is 0 Å². The van der Waals surface area contributed by atoms with E-state index in [0.29, 0.717) is 10.4 Å². The number of nitrogens with zero attached hydrogens (tertiary/aromatic N) is 1. The number of thiophene rings is 1. The molecule has 1 aromatic carbocycles. The topological polar surface area (TPSA) is 49.3 Å². The summed E-state index contributed by atoms with van der Waals surface area (Å²) in [6.07, 6.45) is 3.92. The van der Waals surface area contributed by atoms with Gasteiger partial charge in [-0.3, -0.25) is 4.79 Å². The van der Waals surface area contributed by atoms with E-state index in [1.54, 1.807) is 0 Å². The summed E-state index contributed by atoms with van der Waals surface area (Å²) in [5.74, 6) is -0.201. The lowest BCUT2D eigenvalue weighted by Crippen LogP contribution is -2.52. The normalized spacial score (nSPS) is 19.0. The van der Waals surface area contributed by atoms with E-state index in [-0.39, 0.29) is 12.3 Å². The number of ketones is 1. The number of Topliss-reactive ketones (excluding diaryl/α,β-unsaturated/α-hetero) is 1. The second kappa shape index (κ2) is 8.44. The SMILES string of the molecule is C[N+]1(CCNCC(=O)C(O)(c2ccccc2)c2cccs2)CCCCC1. The van der Waals surface area contributed by atoms with Gasteiger partial charge in [-0.05, 0) is 36.3 Å². The quantitative estimate of drug-likeness (QED) is 0.553. The molecular formula is C21H29N2O2S+. The lowest BCUT2D eigenvalue weighted by molar-refractivity contribution is -0.912. The molecular weight excluding hydrogens is 344 g/mol. The molecule has 1 aliphatic rings. The molecule has 26 heavy (non-hydrogen) atoms. The lowest BCUT2D eigenvalue weighted by Gasteiger charge is -2.38. The Labute approximate surface area is 160 Å². The zero-order valence-electron chi connectivity index (χ0n) is 15.5. The van der Waals surface area contributed by atoms with Crippen molar-refractivity contribution in [2.45, 2.75) is 24.9 Å². The van der Waals surface area contributed by atoms with Crippen LogP contribution in [-0.2, 0) is 10.4 Å². The highest BCUT2D eigenvalue weighted by Crippen LogP contribution is 2.33. The van der Waals surface area contributed by atoms with Gasteiger partial charge in [0.05, 0.1) is 33.2 Å². The van der Waals surface area contributed by atoms with E-state index in [4.69, 9.17) is 0 Å². The fourth-order valence-electron chi connectivity index (χ4n) is 3.78. The van der Waals surface area contributed by atoms with Crippen molar-refractivity contribution in [3.8, 4) is 0 Å². The zero-order chi connectivity index (χ0) is 18.5. The van der Waals surface area contributed by atoms with Crippen LogP contribution in [0.1, 0.15) is 29.7 Å². The smallest absolute Gasteiger partial charge is 0.188 e. The second-order valence-corrected chi connectivity index (χ2v) is 8.45. The number of carbonyl (C=O) groups excluding carboxylic acids is 1. The highest BCUT2D eigenvalue weighted by molar-refractivity contribution is 7.10. The first-order valence-corrected chi connectivity index (χ1v) is 10.3. The van der Waals surface area contributed by atoms with Crippen LogP contribution in [0.15, 0.2) is 47.8 Å². The second-order valence-electron chi connectivity index (χ2n) is 7.50. The standard InChI is InChI=1S/C21H29N2O2S/c1-23(13-6-3-7-14-23)15-12-22-17-19(24)21(25,20-11-8-16-26-20)18-9-4-2-5-10-18/h2,4-5,8-11,16,22,25H,3,6-7,12-15,17H2,1H3/q+1. The molecule has 5 heteroatoms. The maximum absolute atomic E-state index is 13.0. The molecule has 0 saturated carbocycles. The van der Waals surface area contributed by atoms with Gasteiger partial charge >= 0.3 is 0 Å². The predicted molar refractivity (Wildman–Crippen MR) is 106 cm³/mol. The van der Waals surface area contributed by atoms with Crippen molar-refractivity contribution < 1.29 is 14.4 Å². The van der Waals surface area contributed by atoms with Gasteiger partial charge < -0.3 is 14.9 Å². The molecule has 2 N–H and O–H groups in total. The minimum atomic E-state index is -1.58. The molecule has 0 radical (unpaired) electrons. The Morgan fingerprint density at radius 1 is 1.15 bits per heavy atom. The summed E-state index contributed by atoms with van der Waals surface area (Å²) >= 11 is 1.41. The molecule has 0 aliphatic carbocycles. The molecule has 1 aromatic heterocycles. The third kappa shape index (κ3) is 4.23. The summed E-state index contributed by atoms with van der Waals surface area (Å²) in [6.45, 7) is 4.43. The first kappa shape index (κ1) is 19.2. The number of quaternary nitrogens is 1. The van der Waals surface area contributed by atoms with Crippen LogP contribution >= 0.6 is 11.3 Å². The molecule has 1 saturated heterocycles. The average Bonchev–Trinajstić information content (AvgIpc) is 3.21. The van der Waals surface area contributed by atoms with Crippen molar-refractivity contribution in [3.63, 3.8) is 0 Å². The van der Waals surface area contributed by atoms with Gasteiger partial charge in [0.15, 0.2) is 11.4 Å². The van der Waals surface area contributed by atoms with Crippen molar-refractivity contribution in [2.75, 3.05) is 39.8 Å². The van der Waals surface area contributed by atoms with Crippen molar-refractivity contribution in [1.82, 2.24) is 5.32 Å². The monoisotopic (exact) mass is 373 g/mol. The minimum Gasteiger partial charge on any atom is -0.373 e. The predicted octanol–water partition coefficient (Wildman–Crippen LogP) is 2.77. The number of nitrogens with one attached hydrogen (secondary N) is 1. The molecule has 1 unspecified atom stereocenters. The molecule has 1 fully saturated rings. The number of rotatable bonds is 8. The van der Waals surface area contributed by atoms with Crippen LogP contribution in [0.5, 0.6) is 0 Å². The van der Waals surface area contributed by atoms with E-state index in [9.17, 15) is 9.90 Å². The highest BCUT2D eigenvalue weighted by atomic mass is 32.1. The molecule has 4 nitrogen and oxygen atoms in total. The molecule has 1 atom stereocenters. The van der Waals surface area contributed by atoms with Crippen LogP contribution in [-0.4, -0.2) is 55.1 Å². The number of hydrogen-bond donors (Lipinski definition) is 2. The molecule has 140 valence electrons. The van der Waals surface area contributed by atoms with Gasteiger partial charge in [0.2, 0.25) is 0 Å². The highest BCUT2D eigenvalue weighted by Gasteiger charge is 2.40. The Morgan fingerprint density at radius 3 is 2.54 bits per heavy atom. The van der Waals surface area contributed by atoms with Gasteiger partial charge in [-0.1, -0.05) is 36.4 Å². The largest absolute Gasteiger partial charge is 0.373 e. The summed E-state index contributed by atoms with van der Waals surface area (Å²) in [5.41, 5.74) is -0.948. The lowest BCUT2D eigenvalue weighted by atomic mass is 9.87. The third-order valence-corrected chi connectivity index (χ3v) is 6.46. The van der Waals surface area contributed by atoms with Gasteiger partial charge in [0, 0.05) is 11.4 Å². The number of hydrogen-bond acceptors (Lipinski definition) is 4. The Morgan fingerprint density at radius 2 is 1.88 bits per heavy atom. The molecule has 0 amide bonds. The van der Waals surface area contributed by atoms with Gasteiger partial charge in [0.25, 0.3) is 0 Å². The van der Waals surface area contributed by atoms with E-state index >= 15 is 0 Å². The molecule has 2 aromatic rings. The molecule has 2 heterocycles. The first-order valence-electron chi connectivity index (χ1n) is 9.44. The van der Waals surface area contributed by atoms with Gasteiger partial charge in [0.1, 0.15) is 0 Å². The summed E-state index contributed by atoms with van der Waals surface area (Å²) in [5, 5.41) is 16.5. The number of aliphatic hydroxyl groups is 1. The minimum absolute atomic E-state index is 0.170. The summed E-state index contributed by atoms with van der Waals surface area (Å²) in [4.78, 5) is 13.7. The number of piperidine rings is 1. The van der Waals surface area contributed by atoms with Gasteiger partial charge in [-0.2, -0.15) is 0 Å². The van der Waals surface area contributed by atoms with Crippen LogP contribution in [0.2, 0.25) is 0 Å². The summed E-state index contributed by atoms with van der Waals surface area (Å²) in [7, 11) is 2.30. The Bertz CT molecular complexity index is 696. The van der Waals surface area contributed by atoms with Crippen LogP contribution in [0.25, 0.3) is 0 Å². The Hall–Kier alpha value is -1.53. The van der Waals surface area contributed by atoms with Crippen LogP contribution in [0, 0.1) is 0 Å². The van der Waals surface area contributed by atoms with Crippen LogP contribution < -0.4 is 5.32 Å². The summed E-state index contributed by atoms with van der Waals surface area (Å²) < 4.78 is 1.08. The van der Waals surface area contributed by atoms with Gasteiger partial charge in [-0.15, -0.1) is 11.3 Å². The maximum atomic E-state index is 13.0. The van der Waals surface area contributed by atoms with Crippen molar-refractivity contribution in [3.05, 3.63) is 58.3 Å². The molecule has 3 rings (SSSR count). The van der Waals surface area contributed by atoms with E-state index < -0.39 is 5.60 Å². The van der Waals surface area contributed by atoms with E-state index in [1.165, 1.54) is 43.7 Å². The average molecular weight is 374 g/mol. The van der Waals surface area contributed by atoms with Crippen molar-refractivity contribution in [1.29, 1.82) is 0 Å². The Balaban J connectivity index is 1.63. The van der Waals surface area contributed by atoms with E-state index in [0.717, 1.165) is 17.6 Å². The third-order valence-electron chi connectivity index (χ3n) is 5.48. The number of likely N-dealkylation sites (N-methyl/N-ethyl adjacent to an activating group) is 1. The van der Waals surface area contributed by atoms with Crippen molar-refractivity contribution >= 4 is 17.1 Å². The molecule has 0 bridgehead atoms. The number of carbonyl (C=O) groups is 1. The summed E-state index contributed by atoms with van der Waals surface area (Å²) in [6, 6.07) is 12.9.